The van der Waals surface area contributed by atoms with E-state index in [1.807, 2.05) is 0 Å². The predicted molar refractivity (Wildman–Crippen MR) is 142 cm³/mol. The first-order valence-electron chi connectivity index (χ1n) is 13.7. The monoisotopic (exact) mass is 510 g/mol. The van der Waals surface area contributed by atoms with Crippen molar-refractivity contribution >= 4 is 23.2 Å². The molecule has 2 atom stereocenters. The molecular formula is C28H50Cl2F2O. The number of hydrogen-bond acceptors (Lipinski definition) is 1. The summed E-state index contributed by atoms with van der Waals surface area (Å²) in [5.74, 6) is 0. The van der Waals surface area contributed by atoms with E-state index in [1.165, 1.54) is 102 Å². The Morgan fingerprint density at radius 1 is 0.545 bits per heavy atom. The Morgan fingerprint density at radius 3 is 1.09 bits per heavy atom. The van der Waals surface area contributed by atoms with Crippen molar-refractivity contribution in [2.24, 2.45) is 0 Å². The molecule has 0 rings (SSSR count). The molecule has 0 spiro atoms. The zero-order chi connectivity index (χ0) is 24.6. The third-order valence-electron chi connectivity index (χ3n) is 6.16. The molecule has 5 heteroatoms. The lowest BCUT2D eigenvalue weighted by Crippen LogP contribution is -2.20. The van der Waals surface area contributed by atoms with Gasteiger partial charge in [0.25, 0.3) is 0 Å². The van der Waals surface area contributed by atoms with Crippen LogP contribution < -0.4 is 0 Å². The first-order chi connectivity index (χ1) is 16.0. The number of unbranched alkanes of at least 4 members (excludes halogenated alkanes) is 16. The van der Waals surface area contributed by atoms with Gasteiger partial charge in [0, 0.05) is 0 Å². The minimum atomic E-state index is -0.770. The molecule has 0 aromatic heterocycles. The summed E-state index contributed by atoms with van der Waals surface area (Å²) in [6.45, 7) is 4.46. The second-order valence-corrected chi connectivity index (χ2v) is 10.1. The molecule has 0 N–H and O–H groups in total. The fraction of sp³-hybridized carbons (Fsp3) is 0.857. The molecule has 196 valence electrons. The Kier molecular flexibility index (Phi) is 24.9. The van der Waals surface area contributed by atoms with E-state index in [0.717, 1.165) is 25.7 Å². The van der Waals surface area contributed by atoms with E-state index in [0.29, 0.717) is 12.8 Å². The summed E-state index contributed by atoms with van der Waals surface area (Å²) in [4.78, 5) is 0. The molecule has 0 saturated heterocycles. The fourth-order valence-electron chi connectivity index (χ4n) is 4.20. The van der Waals surface area contributed by atoms with Crippen molar-refractivity contribution in [1.82, 2.24) is 0 Å². The van der Waals surface area contributed by atoms with Gasteiger partial charge in [-0.3, -0.25) is 0 Å². The molecule has 0 radical (unpaired) electrons. The number of ether oxygens (including phenoxy) is 1. The maximum atomic E-state index is 13.4. The van der Waals surface area contributed by atoms with Crippen LogP contribution in [0.2, 0.25) is 0 Å². The molecule has 0 aromatic rings. The lowest BCUT2D eigenvalue weighted by molar-refractivity contribution is 0.0281. The zero-order valence-corrected chi connectivity index (χ0v) is 22.9. The van der Waals surface area contributed by atoms with Crippen LogP contribution in [-0.2, 0) is 4.74 Å². The van der Waals surface area contributed by atoms with Crippen molar-refractivity contribution < 1.29 is 13.5 Å². The zero-order valence-electron chi connectivity index (χ0n) is 21.4. The molecule has 0 aliphatic heterocycles. The van der Waals surface area contributed by atoms with E-state index in [4.69, 9.17) is 27.9 Å². The molecule has 0 aliphatic carbocycles. The summed E-state index contributed by atoms with van der Waals surface area (Å²) in [6.07, 6.45) is 25.1. The molecular weight excluding hydrogens is 461 g/mol. The van der Waals surface area contributed by atoms with Crippen LogP contribution in [0.4, 0.5) is 8.78 Å². The third-order valence-corrected chi connectivity index (χ3v) is 6.41. The third kappa shape index (κ3) is 24.8. The summed E-state index contributed by atoms with van der Waals surface area (Å²) in [7, 11) is 0. The molecule has 0 bridgehead atoms. The smallest absolute Gasteiger partial charge is 0.187 e. The van der Waals surface area contributed by atoms with Gasteiger partial charge in [-0.1, -0.05) is 153 Å². The number of halogens is 4. The van der Waals surface area contributed by atoms with Crippen molar-refractivity contribution in [2.45, 2.75) is 154 Å². The molecule has 0 amide bonds. The van der Waals surface area contributed by atoms with E-state index in [-0.39, 0.29) is 0 Å². The summed E-state index contributed by atoms with van der Waals surface area (Å²) in [6, 6.07) is 0. The van der Waals surface area contributed by atoms with Gasteiger partial charge in [-0.05, 0) is 25.0 Å². The second kappa shape index (κ2) is 25.0. The van der Waals surface area contributed by atoms with Crippen LogP contribution in [0.5, 0.6) is 0 Å². The highest BCUT2D eigenvalue weighted by molar-refractivity contribution is 6.28. The molecule has 0 aromatic carbocycles. The Morgan fingerprint density at radius 2 is 0.818 bits per heavy atom. The van der Waals surface area contributed by atoms with Crippen molar-refractivity contribution in [3.05, 3.63) is 22.7 Å². The highest BCUT2D eigenvalue weighted by Gasteiger charge is 2.15. The molecule has 0 heterocycles. The lowest BCUT2D eigenvalue weighted by atomic mass is 10.0. The van der Waals surface area contributed by atoms with Gasteiger partial charge in [-0.15, -0.1) is 0 Å². The molecule has 2 unspecified atom stereocenters. The largest absolute Gasteiger partial charge is 0.367 e. The fourth-order valence-corrected chi connectivity index (χ4v) is 4.48. The molecule has 1 nitrogen and oxygen atoms in total. The Hall–Kier alpha value is -0.120. The van der Waals surface area contributed by atoms with Crippen molar-refractivity contribution in [1.29, 1.82) is 0 Å². The standard InChI is InChI=1S/C28H50Cl2F2O/c1-3-5-7-9-11-13-15-17-19-21-25(23-27(29)31)33-26(24-28(30)32)22-20-18-16-14-12-10-8-6-4-2/h23-26H,3-22H2,1-2H3/b27-23-,28-24-. The summed E-state index contributed by atoms with van der Waals surface area (Å²) in [5.41, 5.74) is 0. The Labute approximate surface area is 213 Å². The van der Waals surface area contributed by atoms with Crippen LogP contribution in [-0.4, -0.2) is 12.2 Å². The molecule has 0 saturated carbocycles. The highest BCUT2D eigenvalue weighted by atomic mass is 35.5. The van der Waals surface area contributed by atoms with Crippen molar-refractivity contribution in [3.63, 3.8) is 0 Å². The quantitative estimate of drug-likeness (QED) is 0.117. The van der Waals surface area contributed by atoms with Crippen molar-refractivity contribution in [2.75, 3.05) is 0 Å². The maximum absolute atomic E-state index is 13.4. The maximum Gasteiger partial charge on any atom is 0.187 e. The normalized spacial score (nSPS) is 14.6. The van der Waals surface area contributed by atoms with Crippen molar-refractivity contribution in [3.8, 4) is 0 Å². The topological polar surface area (TPSA) is 9.23 Å². The van der Waals surface area contributed by atoms with E-state index in [9.17, 15) is 8.78 Å². The average molecular weight is 512 g/mol. The highest BCUT2D eigenvalue weighted by Crippen LogP contribution is 2.21. The SMILES string of the molecule is CCCCCCCCCCCC(/C=C(\F)Cl)OC(/C=C(\F)Cl)CCCCCCCCCCC. The van der Waals surface area contributed by atoms with Gasteiger partial charge in [-0.25, -0.2) is 0 Å². The average Bonchev–Trinajstić information content (AvgIpc) is 2.75. The minimum absolute atomic E-state index is 0.456. The van der Waals surface area contributed by atoms with Gasteiger partial charge >= 0.3 is 0 Å². The van der Waals surface area contributed by atoms with Crippen LogP contribution >= 0.6 is 23.2 Å². The van der Waals surface area contributed by atoms with Crippen LogP contribution in [0.25, 0.3) is 0 Å². The summed E-state index contributed by atoms with van der Waals surface area (Å²) in [5, 5.41) is -1.54. The van der Waals surface area contributed by atoms with Gasteiger partial charge in [0.2, 0.25) is 0 Å². The second-order valence-electron chi connectivity index (χ2n) is 9.36. The van der Waals surface area contributed by atoms with Crippen LogP contribution in [0.3, 0.4) is 0 Å². The predicted octanol–water partition coefficient (Wildman–Crippen LogP) is 11.7. The number of rotatable bonds is 24. The van der Waals surface area contributed by atoms with Crippen LogP contribution in [0.15, 0.2) is 22.7 Å². The minimum Gasteiger partial charge on any atom is -0.367 e. The lowest BCUT2D eigenvalue weighted by Gasteiger charge is -2.21. The van der Waals surface area contributed by atoms with Gasteiger partial charge in [0.05, 0.1) is 12.2 Å². The van der Waals surface area contributed by atoms with E-state index in [1.54, 1.807) is 0 Å². The van der Waals surface area contributed by atoms with Crippen LogP contribution in [0, 0.1) is 0 Å². The molecule has 0 aliphatic rings. The summed E-state index contributed by atoms with van der Waals surface area (Å²) < 4.78 is 32.8. The van der Waals surface area contributed by atoms with Gasteiger partial charge < -0.3 is 4.74 Å². The van der Waals surface area contributed by atoms with E-state index < -0.39 is 22.8 Å². The first-order valence-corrected chi connectivity index (χ1v) is 14.5. The van der Waals surface area contributed by atoms with Crippen LogP contribution in [0.1, 0.15) is 142 Å². The van der Waals surface area contributed by atoms with Gasteiger partial charge in [-0.2, -0.15) is 8.78 Å². The summed E-state index contributed by atoms with van der Waals surface area (Å²) >= 11 is 11.0. The van der Waals surface area contributed by atoms with E-state index in [2.05, 4.69) is 13.8 Å². The molecule has 0 fully saturated rings. The first kappa shape index (κ1) is 32.9. The van der Waals surface area contributed by atoms with Gasteiger partial charge in [0.1, 0.15) is 0 Å². The number of hydrogen-bond donors (Lipinski definition) is 0. The van der Waals surface area contributed by atoms with E-state index >= 15 is 0 Å². The Balaban J connectivity index is 4.25. The Bertz CT molecular complexity index is 433. The molecule has 33 heavy (non-hydrogen) atoms. The van der Waals surface area contributed by atoms with Gasteiger partial charge in [0.15, 0.2) is 10.6 Å².